The molecule has 6 rings (SSSR count). The highest BCUT2D eigenvalue weighted by atomic mass is 32.2. The molecule has 0 heterocycles. The molecule has 4 N–H and O–H groups in total. The molecule has 9 nitrogen and oxygen atoms in total. The minimum absolute atomic E-state index is 0.0355. The van der Waals surface area contributed by atoms with E-state index in [1.54, 1.807) is 97.9 Å². The van der Waals surface area contributed by atoms with Crippen molar-refractivity contribution in [2.45, 2.75) is 23.7 Å². The number of benzene rings is 6. The summed E-state index contributed by atoms with van der Waals surface area (Å²) in [5, 5.41) is 17.3. The standard InChI is InChI=1S/C45H37N3O6S/c1-30-17-20-35(45(52)53)28-39(30)47-44(51)41(33-13-7-3-8-14-33)55-38-25-21-36(22-26-38)46-43(50)40(48-42(49)34-15-9-4-10-16-34)27-31-18-23-37(24-19-31)54-29-32-11-5-2-6-12-32/h2-28,41H,29H2,1H3,(H,46,50)(H,47,51)(H,48,49)(H,52,53)/b40-27-. The monoisotopic (exact) mass is 747 g/mol. The highest BCUT2D eigenvalue weighted by molar-refractivity contribution is 8.00. The fourth-order valence-corrected chi connectivity index (χ4v) is 6.47. The second-order valence-corrected chi connectivity index (χ2v) is 13.6. The number of ether oxygens (including phenoxy) is 1. The molecule has 0 bridgehead atoms. The average molecular weight is 748 g/mol. The summed E-state index contributed by atoms with van der Waals surface area (Å²) in [5.74, 6) is -1.72. The molecule has 274 valence electrons. The van der Waals surface area contributed by atoms with Crippen LogP contribution in [0.3, 0.4) is 0 Å². The van der Waals surface area contributed by atoms with Gasteiger partial charge in [0.15, 0.2) is 0 Å². The van der Waals surface area contributed by atoms with E-state index in [4.69, 9.17) is 4.74 Å². The summed E-state index contributed by atoms with van der Waals surface area (Å²) < 4.78 is 5.90. The van der Waals surface area contributed by atoms with E-state index < -0.39 is 23.0 Å². The Labute approximate surface area is 323 Å². The minimum Gasteiger partial charge on any atom is -0.489 e. The third-order valence-electron chi connectivity index (χ3n) is 8.42. The van der Waals surface area contributed by atoms with Gasteiger partial charge in [-0.2, -0.15) is 0 Å². The van der Waals surface area contributed by atoms with Crippen molar-refractivity contribution < 1.29 is 29.0 Å². The van der Waals surface area contributed by atoms with Gasteiger partial charge in [-0.1, -0.05) is 97.1 Å². The predicted octanol–water partition coefficient (Wildman–Crippen LogP) is 9.15. The molecular weight excluding hydrogens is 711 g/mol. The Bertz CT molecular complexity index is 2300. The molecule has 1 unspecified atom stereocenters. The summed E-state index contributed by atoms with van der Waals surface area (Å²) in [5.41, 5.74) is 4.60. The lowest BCUT2D eigenvalue weighted by molar-refractivity contribution is -0.116. The van der Waals surface area contributed by atoms with Gasteiger partial charge in [-0.3, -0.25) is 14.4 Å². The summed E-state index contributed by atoms with van der Waals surface area (Å²) in [6, 6.07) is 46.5. The van der Waals surface area contributed by atoms with Crippen LogP contribution in [0.2, 0.25) is 0 Å². The Kier molecular flexibility index (Phi) is 12.5. The quantitative estimate of drug-likeness (QED) is 0.0645. The number of anilines is 2. The van der Waals surface area contributed by atoms with Crippen LogP contribution >= 0.6 is 11.8 Å². The Hall–Kier alpha value is -6.91. The lowest BCUT2D eigenvalue weighted by Gasteiger charge is -2.18. The minimum atomic E-state index is -1.09. The summed E-state index contributed by atoms with van der Waals surface area (Å²) in [7, 11) is 0. The van der Waals surface area contributed by atoms with Crippen molar-refractivity contribution >= 4 is 52.9 Å². The fourth-order valence-electron chi connectivity index (χ4n) is 5.45. The molecule has 3 amide bonds. The van der Waals surface area contributed by atoms with Gasteiger partial charge < -0.3 is 25.8 Å². The van der Waals surface area contributed by atoms with Gasteiger partial charge >= 0.3 is 5.97 Å². The molecule has 0 aliphatic heterocycles. The molecule has 0 aliphatic carbocycles. The van der Waals surface area contributed by atoms with Crippen molar-refractivity contribution in [2.24, 2.45) is 0 Å². The highest BCUT2D eigenvalue weighted by Gasteiger charge is 2.23. The summed E-state index contributed by atoms with van der Waals surface area (Å²) in [6.45, 7) is 2.21. The van der Waals surface area contributed by atoms with Crippen LogP contribution in [0.1, 0.15) is 48.2 Å². The highest BCUT2D eigenvalue weighted by Crippen LogP contribution is 2.37. The first kappa shape index (κ1) is 37.8. The zero-order chi connectivity index (χ0) is 38.6. The van der Waals surface area contributed by atoms with Gasteiger partial charge in [-0.05, 0) is 95.9 Å². The molecule has 0 fully saturated rings. The molecule has 1 atom stereocenters. The third kappa shape index (κ3) is 10.6. The predicted molar refractivity (Wildman–Crippen MR) is 216 cm³/mol. The number of hydrogen-bond donors (Lipinski definition) is 4. The van der Waals surface area contributed by atoms with E-state index >= 15 is 0 Å². The summed E-state index contributed by atoms with van der Waals surface area (Å²) in [6.07, 6.45) is 1.60. The van der Waals surface area contributed by atoms with E-state index in [-0.39, 0.29) is 17.2 Å². The van der Waals surface area contributed by atoms with E-state index in [0.29, 0.717) is 34.9 Å². The van der Waals surface area contributed by atoms with Crippen LogP contribution in [0, 0.1) is 6.92 Å². The topological polar surface area (TPSA) is 134 Å². The smallest absolute Gasteiger partial charge is 0.335 e. The molecule has 55 heavy (non-hydrogen) atoms. The fraction of sp³-hybridized carbons (Fsp3) is 0.0667. The van der Waals surface area contributed by atoms with E-state index in [1.165, 1.54) is 23.9 Å². The number of carboxylic acids is 1. The summed E-state index contributed by atoms with van der Waals surface area (Å²) in [4.78, 5) is 52.9. The normalized spacial score (nSPS) is 11.5. The lowest BCUT2D eigenvalue weighted by atomic mass is 10.1. The molecule has 0 aliphatic rings. The van der Waals surface area contributed by atoms with Crippen LogP contribution < -0.4 is 20.7 Å². The van der Waals surface area contributed by atoms with E-state index in [9.17, 15) is 24.3 Å². The lowest BCUT2D eigenvalue weighted by Crippen LogP contribution is -2.30. The van der Waals surface area contributed by atoms with E-state index in [2.05, 4.69) is 16.0 Å². The number of nitrogens with one attached hydrogen (secondary N) is 3. The molecule has 0 saturated heterocycles. The van der Waals surface area contributed by atoms with Crippen LogP contribution in [0.15, 0.2) is 168 Å². The number of aromatic carboxylic acids is 1. The van der Waals surface area contributed by atoms with Gasteiger partial charge in [-0.25, -0.2) is 4.79 Å². The van der Waals surface area contributed by atoms with Gasteiger partial charge in [0.25, 0.3) is 11.8 Å². The van der Waals surface area contributed by atoms with Gasteiger partial charge in [-0.15, -0.1) is 11.8 Å². The van der Waals surface area contributed by atoms with Crippen LogP contribution in [0.25, 0.3) is 6.08 Å². The second-order valence-electron chi connectivity index (χ2n) is 12.4. The van der Waals surface area contributed by atoms with E-state index in [1.807, 2.05) is 60.7 Å². The van der Waals surface area contributed by atoms with Crippen molar-refractivity contribution in [2.75, 3.05) is 10.6 Å². The second kappa shape index (κ2) is 18.2. The van der Waals surface area contributed by atoms with Crippen LogP contribution in [-0.2, 0) is 16.2 Å². The first-order valence-corrected chi connectivity index (χ1v) is 18.2. The van der Waals surface area contributed by atoms with Gasteiger partial charge in [0, 0.05) is 21.8 Å². The van der Waals surface area contributed by atoms with Gasteiger partial charge in [0.2, 0.25) is 5.91 Å². The number of carbonyl (C=O) groups excluding carboxylic acids is 3. The molecular formula is C45H37N3O6S. The van der Waals surface area contributed by atoms with E-state index in [0.717, 1.165) is 21.6 Å². The Balaban J connectivity index is 1.17. The average Bonchev–Trinajstić information content (AvgIpc) is 3.21. The molecule has 0 saturated carbocycles. The Morgan fingerprint density at radius 2 is 1.35 bits per heavy atom. The van der Waals surface area contributed by atoms with Crippen molar-refractivity contribution in [1.29, 1.82) is 0 Å². The van der Waals surface area contributed by atoms with Crippen molar-refractivity contribution in [3.8, 4) is 5.75 Å². The van der Waals surface area contributed by atoms with Crippen molar-refractivity contribution in [3.05, 3.63) is 197 Å². The van der Waals surface area contributed by atoms with Gasteiger partial charge in [0.05, 0.1) is 5.56 Å². The van der Waals surface area contributed by atoms with Crippen LogP contribution in [0.4, 0.5) is 11.4 Å². The van der Waals surface area contributed by atoms with Crippen molar-refractivity contribution in [3.63, 3.8) is 0 Å². The number of hydrogen-bond acceptors (Lipinski definition) is 6. The third-order valence-corrected chi connectivity index (χ3v) is 9.68. The molecule has 6 aromatic rings. The van der Waals surface area contributed by atoms with Gasteiger partial charge in [0.1, 0.15) is 23.3 Å². The SMILES string of the molecule is Cc1ccc(C(=O)O)cc1NC(=O)C(Sc1ccc(NC(=O)/C(=C/c2ccc(OCc3ccccc3)cc2)NC(=O)c2ccccc2)cc1)c1ccccc1. The van der Waals surface area contributed by atoms with Crippen LogP contribution in [0.5, 0.6) is 5.75 Å². The molecule has 6 aromatic carbocycles. The maximum absolute atomic E-state index is 13.7. The number of thioether (sulfide) groups is 1. The molecule has 0 aromatic heterocycles. The first-order valence-electron chi connectivity index (χ1n) is 17.3. The number of carboxylic acid groups (broad SMARTS) is 1. The maximum atomic E-state index is 13.7. The van der Waals surface area contributed by atoms with Crippen LogP contribution in [-0.4, -0.2) is 28.8 Å². The Morgan fingerprint density at radius 1 is 0.709 bits per heavy atom. The zero-order valence-electron chi connectivity index (χ0n) is 29.8. The zero-order valence-corrected chi connectivity index (χ0v) is 30.6. The first-order chi connectivity index (χ1) is 26.7. The Morgan fingerprint density at radius 3 is 2.00 bits per heavy atom. The summed E-state index contributed by atoms with van der Waals surface area (Å²) >= 11 is 1.31. The van der Waals surface area contributed by atoms with Crippen molar-refractivity contribution in [1.82, 2.24) is 5.32 Å². The number of aryl methyl sites for hydroxylation is 1. The number of rotatable bonds is 14. The number of carbonyl (C=O) groups is 4. The molecule has 0 spiro atoms. The number of amides is 3. The largest absolute Gasteiger partial charge is 0.489 e. The molecule has 10 heteroatoms. The maximum Gasteiger partial charge on any atom is 0.335 e. The molecule has 0 radical (unpaired) electrons.